The third kappa shape index (κ3) is 3.89. The maximum absolute atomic E-state index is 6.05. The summed E-state index contributed by atoms with van der Waals surface area (Å²) in [5, 5.41) is 8.66. The number of nitrogens with zero attached hydrogens (tertiary/aromatic N) is 5. The van der Waals surface area contributed by atoms with Gasteiger partial charge in [0.15, 0.2) is 5.65 Å². The van der Waals surface area contributed by atoms with E-state index >= 15 is 0 Å². The van der Waals surface area contributed by atoms with Crippen LogP contribution in [0.3, 0.4) is 0 Å². The van der Waals surface area contributed by atoms with Crippen LogP contribution >= 0.6 is 0 Å². The zero-order valence-corrected chi connectivity index (χ0v) is 16.2. The largest absolute Gasteiger partial charge is 0.477 e. The second-order valence-electron chi connectivity index (χ2n) is 7.43. The number of pyridine rings is 3. The molecule has 0 aromatic carbocycles. The van der Waals surface area contributed by atoms with Crippen LogP contribution in [0.5, 0.6) is 5.88 Å². The van der Waals surface area contributed by atoms with Crippen molar-refractivity contribution in [1.82, 2.24) is 24.7 Å². The average molecular weight is 386 g/mol. The SMILES string of the molecule is Cn1cc(CNc2cc(OC[C@H]3C[C@@H]3c3ccccn3)nc3ncccc23)cn1. The number of hydrogen-bond donors (Lipinski definition) is 1. The van der Waals surface area contributed by atoms with Crippen molar-refractivity contribution in [3.8, 4) is 5.88 Å². The predicted molar refractivity (Wildman–Crippen MR) is 111 cm³/mol. The summed E-state index contributed by atoms with van der Waals surface area (Å²) in [6.07, 6.45) is 8.56. The molecule has 2 atom stereocenters. The summed E-state index contributed by atoms with van der Waals surface area (Å²) in [5.41, 5.74) is 3.89. The van der Waals surface area contributed by atoms with E-state index in [0.717, 1.165) is 28.8 Å². The fourth-order valence-corrected chi connectivity index (χ4v) is 3.60. The lowest BCUT2D eigenvalue weighted by molar-refractivity contribution is 0.286. The van der Waals surface area contributed by atoms with E-state index in [4.69, 9.17) is 4.74 Å². The van der Waals surface area contributed by atoms with Gasteiger partial charge in [-0.2, -0.15) is 10.1 Å². The fourth-order valence-electron chi connectivity index (χ4n) is 3.60. The second kappa shape index (κ2) is 7.50. The molecule has 0 radical (unpaired) electrons. The first kappa shape index (κ1) is 17.6. The minimum Gasteiger partial charge on any atom is -0.477 e. The van der Waals surface area contributed by atoms with Crippen molar-refractivity contribution < 1.29 is 4.74 Å². The Morgan fingerprint density at radius 3 is 2.93 bits per heavy atom. The first-order valence-electron chi connectivity index (χ1n) is 9.77. The predicted octanol–water partition coefficient (Wildman–Crippen LogP) is 3.55. The highest BCUT2D eigenvalue weighted by Crippen LogP contribution is 2.46. The summed E-state index contributed by atoms with van der Waals surface area (Å²) < 4.78 is 7.85. The molecule has 1 aliphatic carbocycles. The Morgan fingerprint density at radius 1 is 1.17 bits per heavy atom. The number of nitrogens with one attached hydrogen (secondary N) is 1. The average Bonchev–Trinajstić information content (AvgIpc) is 3.43. The first-order valence-corrected chi connectivity index (χ1v) is 9.77. The first-order chi connectivity index (χ1) is 14.3. The van der Waals surface area contributed by atoms with Crippen molar-refractivity contribution in [3.63, 3.8) is 0 Å². The van der Waals surface area contributed by atoms with Crippen LogP contribution in [0.2, 0.25) is 0 Å². The molecule has 5 rings (SSSR count). The Hall–Kier alpha value is -3.48. The highest BCUT2D eigenvalue weighted by atomic mass is 16.5. The van der Waals surface area contributed by atoms with E-state index in [1.807, 2.05) is 56.0 Å². The van der Waals surface area contributed by atoms with E-state index in [0.29, 0.717) is 36.5 Å². The van der Waals surface area contributed by atoms with Crippen LogP contribution in [-0.4, -0.2) is 31.3 Å². The number of aromatic nitrogens is 5. The van der Waals surface area contributed by atoms with Crippen molar-refractivity contribution in [2.75, 3.05) is 11.9 Å². The third-order valence-corrected chi connectivity index (χ3v) is 5.24. The molecule has 0 aliphatic heterocycles. The van der Waals surface area contributed by atoms with Gasteiger partial charge in [-0.1, -0.05) is 6.07 Å². The van der Waals surface area contributed by atoms with Gasteiger partial charge in [0, 0.05) is 66.7 Å². The van der Waals surface area contributed by atoms with Gasteiger partial charge in [0.25, 0.3) is 0 Å². The Labute approximate surface area is 168 Å². The van der Waals surface area contributed by atoms with Gasteiger partial charge < -0.3 is 10.1 Å². The molecule has 1 fully saturated rings. The molecule has 0 unspecified atom stereocenters. The summed E-state index contributed by atoms with van der Waals surface area (Å²) in [7, 11) is 1.91. The number of anilines is 1. The van der Waals surface area contributed by atoms with E-state index in [2.05, 4.69) is 31.4 Å². The highest BCUT2D eigenvalue weighted by Gasteiger charge is 2.39. The molecule has 4 heterocycles. The minimum atomic E-state index is 0.484. The van der Waals surface area contributed by atoms with E-state index in [1.54, 1.807) is 10.9 Å². The van der Waals surface area contributed by atoms with Crippen molar-refractivity contribution in [2.24, 2.45) is 13.0 Å². The zero-order valence-electron chi connectivity index (χ0n) is 16.2. The van der Waals surface area contributed by atoms with Crippen LogP contribution in [0.4, 0.5) is 5.69 Å². The normalized spacial score (nSPS) is 18.0. The van der Waals surface area contributed by atoms with Gasteiger partial charge in [-0.3, -0.25) is 9.67 Å². The van der Waals surface area contributed by atoms with Gasteiger partial charge >= 0.3 is 0 Å². The summed E-state index contributed by atoms with van der Waals surface area (Å²) in [6, 6.07) is 12.0. The second-order valence-corrected chi connectivity index (χ2v) is 7.43. The van der Waals surface area contributed by atoms with Crippen LogP contribution < -0.4 is 10.1 Å². The molecule has 0 spiro atoms. The van der Waals surface area contributed by atoms with Gasteiger partial charge in [-0.25, -0.2) is 4.98 Å². The van der Waals surface area contributed by atoms with Crippen molar-refractivity contribution in [1.29, 1.82) is 0 Å². The Bertz CT molecular complexity index is 1130. The molecule has 1 saturated carbocycles. The standard InChI is InChI=1S/C22H22N6O/c1-28-13-15(12-26-28)11-25-20-10-21(27-22-17(20)5-4-8-24-22)29-14-16-9-18(16)19-6-2-3-7-23-19/h2-8,10,12-13,16,18H,9,11,14H2,1H3,(H,24,25,27)/t16-,18+/m1/s1. The highest BCUT2D eigenvalue weighted by molar-refractivity contribution is 5.89. The summed E-state index contributed by atoms with van der Waals surface area (Å²) in [5.74, 6) is 1.56. The van der Waals surface area contributed by atoms with Crippen LogP contribution in [0.1, 0.15) is 23.6 Å². The summed E-state index contributed by atoms with van der Waals surface area (Å²) in [6.45, 7) is 1.31. The monoisotopic (exact) mass is 386 g/mol. The van der Waals surface area contributed by atoms with E-state index in [9.17, 15) is 0 Å². The molecule has 1 N–H and O–H groups in total. The van der Waals surface area contributed by atoms with E-state index in [-0.39, 0.29) is 0 Å². The Kier molecular flexibility index (Phi) is 4.56. The van der Waals surface area contributed by atoms with E-state index < -0.39 is 0 Å². The number of rotatable bonds is 7. The van der Waals surface area contributed by atoms with E-state index in [1.165, 1.54) is 0 Å². The number of fused-ring (bicyclic) bond motifs is 1. The zero-order chi connectivity index (χ0) is 19.6. The Morgan fingerprint density at radius 2 is 2.10 bits per heavy atom. The summed E-state index contributed by atoms with van der Waals surface area (Å²) >= 11 is 0. The summed E-state index contributed by atoms with van der Waals surface area (Å²) in [4.78, 5) is 13.5. The van der Waals surface area contributed by atoms with Gasteiger partial charge in [-0.05, 0) is 30.7 Å². The molecule has 146 valence electrons. The smallest absolute Gasteiger partial charge is 0.217 e. The third-order valence-electron chi connectivity index (χ3n) is 5.24. The van der Waals surface area contributed by atoms with Crippen LogP contribution in [0.25, 0.3) is 11.0 Å². The topological polar surface area (TPSA) is 77.8 Å². The lowest BCUT2D eigenvalue weighted by Gasteiger charge is -2.11. The molecule has 29 heavy (non-hydrogen) atoms. The van der Waals surface area contributed by atoms with Crippen LogP contribution in [-0.2, 0) is 13.6 Å². The number of hydrogen-bond acceptors (Lipinski definition) is 6. The molecule has 0 amide bonds. The lowest BCUT2D eigenvalue weighted by Crippen LogP contribution is -2.05. The van der Waals surface area contributed by atoms with Crippen molar-refractivity contribution in [2.45, 2.75) is 18.9 Å². The molecule has 7 nitrogen and oxygen atoms in total. The Balaban J connectivity index is 1.30. The van der Waals surface area contributed by atoms with Crippen LogP contribution in [0, 0.1) is 5.92 Å². The van der Waals surface area contributed by atoms with Gasteiger partial charge in [0.05, 0.1) is 18.5 Å². The lowest BCUT2D eigenvalue weighted by atomic mass is 10.2. The molecule has 7 heteroatoms. The number of ether oxygens (including phenoxy) is 1. The molecular formula is C22H22N6O. The molecule has 4 aromatic rings. The van der Waals surface area contributed by atoms with Crippen LogP contribution in [0.15, 0.2) is 61.2 Å². The van der Waals surface area contributed by atoms with Gasteiger partial charge in [0.1, 0.15) is 0 Å². The molecular weight excluding hydrogens is 364 g/mol. The molecule has 1 aliphatic rings. The minimum absolute atomic E-state index is 0.484. The molecule has 4 aromatic heterocycles. The van der Waals surface area contributed by atoms with Gasteiger partial charge in [-0.15, -0.1) is 0 Å². The van der Waals surface area contributed by atoms with Crippen molar-refractivity contribution in [3.05, 3.63) is 72.4 Å². The maximum Gasteiger partial charge on any atom is 0.217 e. The van der Waals surface area contributed by atoms with Gasteiger partial charge in [0.2, 0.25) is 5.88 Å². The maximum atomic E-state index is 6.05. The quantitative estimate of drug-likeness (QED) is 0.523. The fraction of sp³-hybridized carbons (Fsp3) is 0.273. The molecule has 0 saturated heterocycles. The number of aryl methyl sites for hydroxylation is 1. The van der Waals surface area contributed by atoms with Crippen molar-refractivity contribution >= 4 is 16.7 Å². The molecule has 0 bridgehead atoms.